The Kier molecular flexibility index (Phi) is 3.95. The van der Waals surface area contributed by atoms with Crippen LogP contribution in [0.3, 0.4) is 0 Å². The zero-order valence-corrected chi connectivity index (χ0v) is 11.5. The molecule has 1 aromatic rings. The second kappa shape index (κ2) is 4.75. The Morgan fingerprint density at radius 3 is 2.53 bits per heavy atom. The average molecular weight is 260 g/mol. The molecule has 0 aromatic carbocycles. The summed E-state index contributed by atoms with van der Waals surface area (Å²) in [5.41, 5.74) is 4.99. The molecule has 0 aliphatic carbocycles. The molecule has 3 N–H and O–H groups in total. The van der Waals surface area contributed by atoms with Crippen molar-refractivity contribution < 1.29 is 8.42 Å². The molecule has 0 radical (unpaired) electrons. The van der Waals surface area contributed by atoms with E-state index in [0.717, 1.165) is 0 Å². The van der Waals surface area contributed by atoms with Gasteiger partial charge in [0, 0.05) is 25.3 Å². The van der Waals surface area contributed by atoms with Crippen molar-refractivity contribution in [1.29, 1.82) is 0 Å². The highest BCUT2D eigenvalue weighted by Gasteiger charge is 2.32. The third-order valence-electron chi connectivity index (χ3n) is 3.06. The van der Waals surface area contributed by atoms with Crippen LogP contribution in [0.15, 0.2) is 17.3 Å². The third kappa shape index (κ3) is 3.05. The van der Waals surface area contributed by atoms with Gasteiger partial charge in [-0.25, -0.2) is 13.1 Å². The molecule has 1 aromatic heterocycles. The van der Waals surface area contributed by atoms with Gasteiger partial charge in [0.15, 0.2) is 0 Å². The minimum Gasteiger partial charge on any atom is -0.329 e. The van der Waals surface area contributed by atoms with E-state index >= 15 is 0 Å². The predicted molar refractivity (Wildman–Crippen MR) is 65.8 cm³/mol. The summed E-state index contributed by atoms with van der Waals surface area (Å²) in [7, 11) is -1.90. The van der Waals surface area contributed by atoms with E-state index in [9.17, 15) is 8.42 Å². The molecule has 0 spiro atoms. The van der Waals surface area contributed by atoms with Crippen molar-refractivity contribution in [2.45, 2.75) is 31.2 Å². The second-order valence-electron chi connectivity index (χ2n) is 4.73. The van der Waals surface area contributed by atoms with Crippen molar-refractivity contribution in [2.75, 3.05) is 6.54 Å². The summed E-state index contributed by atoms with van der Waals surface area (Å²) in [6.45, 7) is 5.90. The number of rotatable bonds is 5. The van der Waals surface area contributed by atoms with Crippen LogP contribution < -0.4 is 10.5 Å². The fraction of sp³-hybridized carbons (Fsp3) is 0.700. The number of nitrogens with zero attached hydrogens (tertiary/aromatic N) is 2. The van der Waals surface area contributed by atoms with Crippen LogP contribution in [0.2, 0.25) is 0 Å². The van der Waals surface area contributed by atoms with E-state index in [1.807, 2.05) is 13.8 Å². The van der Waals surface area contributed by atoms with Crippen molar-refractivity contribution >= 4 is 10.0 Å². The lowest BCUT2D eigenvalue weighted by Crippen LogP contribution is -2.54. The molecule has 1 unspecified atom stereocenters. The summed E-state index contributed by atoms with van der Waals surface area (Å²) in [5.74, 6) is 0.0962. The van der Waals surface area contributed by atoms with Crippen LogP contribution in [0.5, 0.6) is 0 Å². The molecule has 0 saturated carbocycles. The van der Waals surface area contributed by atoms with Gasteiger partial charge in [-0.05, 0) is 12.8 Å². The van der Waals surface area contributed by atoms with E-state index < -0.39 is 15.6 Å². The standard InChI is InChI=1S/C10H20N4O2S/c1-8(2)10(3,7-11)13-17(15,16)9-5-12-14(4)6-9/h5-6,8,13H,7,11H2,1-4H3. The minimum absolute atomic E-state index is 0.0962. The Morgan fingerprint density at radius 2 is 2.18 bits per heavy atom. The molecule has 7 heteroatoms. The van der Waals surface area contributed by atoms with Gasteiger partial charge in [-0.3, -0.25) is 4.68 Å². The summed E-state index contributed by atoms with van der Waals surface area (Å²) < 4.78 is 28.3. The number of hydrogen-bond acceptors (Lipinski definition) is 4. The number of aromatic nitrogens is 2. The summed E-state index contributed by atoms with van der Waals surface area (Å²) in [4.78, 5) is 0.153. The first-order chi connectivity index (χ1) is 7.71. The maximum atomic E-state index is 12.1. The molecule has 0 aliphatic rings. The first kappa shape index (κ1) is 14.1. The maximum absolute atomic E-state index is 12.1. The van der Waals surface area contributed by atoms with Gasteiger partial charge in [0.1, 0.15) is 4.90 Å². The van der Waals surface area contributed by atoms with E-state index in [1.165, 1.54) is 17.1 Å². The summed E-state index contributed by atoms with van der Waals surface area (Å²) >= 11 is 0. The number of aryl methyl sites for hydroxylation is 1. The number of nitrogens with two attached hydrogens (primary N) is 1. The van der Waals surface area contributed by atoms with Crippen molar-refractivity contribution in [3.63, 3.8) is 0 Å². The molecule has 98 valence electrons. The molecule has 17 heavy (non-hydrogen) atoms. The van der Waals surface area contributed by atoms with Gasteiger partial charge in [-0.2, -0.15) is 5.10 Å². The van der Waals surface area contributed by atoms with Crippen LogP contribution in [0, 0.1) is 5.92 Å². The van der Waals surface area contributed by atoms with E-state index in [2.05, 4.69) is 9.82 Å². The summed E-state index contributed by atoms with van der Waals surface area (Å²) in [6.07, 6.45) is 2.78. The van der Waals surface area contributed by atoms with Crippen LogP contribution >= 0.6 is 0 Å². The molecular formula is C10H20N4O2S. The van der Waals surface area contributed by atoms with Gasteiger partial charge < -0.3 is 5.73 Å². The van der Waals surface area contributed by atoms with Crippen LogP contribution in [-0.2, 0) is 17.1 Å². The molecule has 0 amide bonds. The molecule has 0 bridgehead atoms. The lowest BCUT2D eigenvalue weighted by Gasteiger charge is -2.32. The van der Waals surface area contributed by atoms with E-state index in [1.54, 1.807) is 14.0 Å². The topological polar surface area (TPSA) is 90.0 Å². The quantitative estimate of drug-likeness (QED) is 0.784. The van der Waals surface area contributed by atoms with Gasteiger partial charge >= 0.3 is 0 Å². The molecule has 1 rings (SSSR count). The van der Waals surface area contributed by atoms with E-state index in [-0.39, 0.29) is 17.4 Å². The first-order valence-electron chi connectivity index (χ1n) is 5.44. The molecule has 0 saturated heterocycles. The lowest BCUT2D eigenvalue weighted by molar-refractivity contribution is 0.315. The molecule has 0 aliphatic heterocycles. The van der Waals surface area contributed by atoms with Crippen molar-refractivity contribution in [2.24, 2.45) is 18.7 Å². The van der Waals surface area contributed by atoms with E-state index in [4.69, 9.17) is 5.73 Å². The van der Waals surface area contributed by atoms with Gasteiger partial charge in [0.2, 0.25) is 10.0 Å². The Bertz CT molecular complexity index is 480. The first-order valence-corrected chi connectivity index (χ1v) is 6.92. The molecule has 6 nitrogen and oxygen atoms in total. The number of hydrogen-bond donors (Lipinski definition) is 2. The fourth-order valence-corrected chi connectivity index (χ4v) is 2.83. The minimum atomic E-state index is -3.57. The molecule has 1 atom stereocenters. The Hall–Kier alpha value is -0.920. The monoisotopic (exact) mass is 260 g/mol. The summed E-state index contributed by atoms with van der Waals surface area (Å²) in [6, 6.07) is 0. The van der Waals surface area contributed by atoms with Gasteiger partial charge in [-0.15, -0.1) is 0 Å². The van der Waals surface area contributed by atoms with Gasteiger partial charge in [0.25, 0.3) is 0 Å². The van der Waals surface area contributed by atoms with Gasteiger partial charge in [0.05, 0.1) is 6.20 Å². The Morgan fingerprint density at radius 1 is 1.59 bits per heavy atom. The number of nitrogens with one attached hydrogen (secondary N) is 1. The normalized spacial score (nSPS) is 16.1. The lowest BCUT2D eigenvalue weighted by atomic mass is 9.90. The molecule has 1 heterocycles. The van der Waals surface area contributed by atoms with Gasteiger partial charge in [-0.1, -0.05) is 13.8 Å². The Balaban J connectivity index is 3.01. The molecule has 0 fully saturated rings. The zero-order valence-electron chi connectivity index (χ0n) is 10.6. The van der Waals surface area contributed by atoms with Crippen molar-refractivity contribution in [3.8, 4) is 0 Å². The highest BCUT2D eigenvalue weighted by Crippen LogP contribution is 2.18. The highest BCUT2D eigenvalue weighted by atomic mass is 32.2. The Labute approximate surface area is 102 Å². The second-order valence-corrected chi connectivity index (χ2v) is 6.41. The van der Waals surface area contributed by atoms with Crippen LogP contribution in [0.25, 0.3) is 0 Å². The van der Waals surface area contributed by atoms with Crippen molar-refractivity contribution in [3.05, 3.63) is 12.4 Å². The third-order valence-corrected chi connectivity index (χ3v) is 4.62. The average Bonchev–Trinajstić information content (AvgIpc) is 2.64. The molecular weight excluding hydrogens is 240 g/mol. The summed E-state index contributed by atoms with van der Waals surface area (Å²) in [5, 5.41) is 3.85. The van der Waals surface area contributed by atoms with E-state index in [0.29, 0.717) is 0 Å². The largest absolute Gasteiger partial charge is 0.329 e. The maximum Gasteiger partial charge on any atom is 0.244 e. The smallest absolute Gasteiger partial charge is 0.244 e. The van der Waals surface area contributed by atoms with Crippen LogP contribution in [0.1, 0.15) is 20.8 Å². The number of sulfonamides is 1. The SMILES string of the molecule is CC(C)C(C)(CN)NS(=O)(=O)c1cnn(C)c1. The fourth-order valence-electron chi connectivity index (χ4n) is 1.30. The van der Waals surface area contributed by atoms with Crippen LogP contribution in [-0.4, -0.2) is 30.3 Å². The predicted octanol–water partition coefficient (Wildman–Crippen LogP) is 0.0718. The van der Waals surface area contributed by atoms with Crippen molar-refractivity contribution in [1.82, 2.24) is 14.5 Å². The highest BCUT2D eigenvalue weighted by molar-refractivity contribution is 7.89. The zero-order chi connectivity index (χ0) is 13.3. The van der Waals surface area contributed by atoms with Crippen LogP contribution in [0.4, 0.5) is 0 Å².